The minimum Gasteiger partial charge on any atom is -0.396 e. The highest BCUT2D eigenvalue weighted by Crippen LogP contribution is 2.66. The van der Waals surface area contributed by atoms with Gasteiger partial charge in [-0.05, 0) is 13.8 Å². The zero-order valence-corrected chi connectivity index (χ0v) is 20.0. The Kier molecular flexibility index (Phi) is 8.36. The topological polar surface area (TPSA) is 264 Å². The summed E-state index contributed by atoms with van der Waals surface area (Å²) in [5, 5.41) is 20.9. The zero-order chi connectivity index (χ0) is 26.3. The molecule has 2 heterocycles. The van der Waals surface area contributed by atoms with Crippen molar-refractivity contribution in [3.63, 3.8) is 0 Å². The first-order chi connectivity index (χ1) is 15.4. The zero-order valence-electron chi connectivity index (χ0n) is 17.3. The summed E-state index contributed by atoms with van der Waals surface area (Å²) in [6.45, 7) is 1.43. The first kappa shape index (κ1) is 28.8. The summed E-state index contributed by atoms with van der Waals surface area (Å²) < 4.78 is 52.6. The average molecular weight is 550 g/mol. The Hall–Kier alpha value is -1.47. The number of ether oxygens (including phenoxy) is 1. The molecular formula is C14H21N2O15P3. The lowest BCUT2D eigenvalue weighted by atomic mass is 9.84. The van der Waals surface area contributed by atoms with E-state index in [1.165, 1.54) is 6.92 Å². The van der Waals surface area contributed by atoms with Crippen LogP contribution in [0.15, 0.2) is 15.7 Å². The van der Waals surface area contributed by atoms with Crippen molar-refractivity contribution in [2.75, 3.05) is 6.61 Å². The maximum absolute atomic E-state index is 12.3. The number of hydrogen-bond acceptors (Lipinski definition) is 11. The SMILES string of the molecule is C#CC1(O)C(CO)[C@@H]([C@@H](C)OP(=O)(O)OP(=O)(O)OP(=O)(O)O)O[C@H]1n1c(C)cc(=O)[nH]c1=O. The molecule has 1 saturated heterocycles. The van der Waals surface area contributed by atoms with E-state index in [1.807, 2.05) is 10.9 Å². The minimum atomic E-state index is -5.81. The third-order valence-electron chi connectivity index (χ3n) is 4.63. The predicted octanol–water partition coefficient (Wildman–Crippen LogP) is -1.55. The minimum absolute atomic E-state index is 0.00898. The molecule has 4 unspecified atom stereocenters. The fourth-order valence-corrected chi connectivity index (χ4v) is 6.58. The maximum Gasteiger partial charge on any atom is 0.490 e. The van der Waals surface area contributed by atoms with E-state index in [9.17, 15) is 43.3 Å². The molecule has 20 heteroatoms. The Balaban J connectivity index is 2.38. The number of rotatable bonds is 9. The average Bonchev–Trinajstić information content (AvgIpc) is 2.90. The van der Waals surface area contributed by atoms with Crippen molar-refractivity contribution in [3.8, 4) is 12.3 Å². The van der Waals surface area contributed by atoms with Crippen LogP contribution in [-0.4, -0.2) is 63.8 Å². The number of nitrogens with one attached hydrogen (secondary N) is 1. The van der Waals surface area contributed by atoms with Crippen molar-refractivity contribution in [1.82, 2.24) is 9.55 Å². The Labute approximate surface area is 190 Å². The van der Waals surface area contributed by atoms with E-state index in [0.717, 1.165) is 17.6 Å². The molecule has 17 nitrogen and oxygen atoms in total. The van der Waals surface area contributed by atoms with Gasteiger partial charge in [0.15, 0.2) is 11.8 Å². The summed E-state index contributed by atoms with van der Waals surface area (Å²) in [6, 6.07) is 0.985. The van der Waals surface area contributed by atoms with Gasteiger partial charge in [-0.25, -0.2) is 18.5 Å². The second-order valence-corrected chi connectivity index (χ2v) is 11.4. The van der Waals surface area contributed by atoms with Crippen molar-refractivity contribution in [2.24, 2.45) is 5.92 Å². The largest absolute Gasteiger partial charge is 0.490 e. The van der Waals surface area contributed by atoms with Crippen LogP contribution in [0.2, 0.25) is 0 Å². The molecule has 0 spiro atoms. The molecule has 1 fully saturated rings. The Morgan fingerprint density at radius 2 is 1.82 bits per heavy atom. The van der Waals surface area contributed by atoms with Gasteiger partial charge in [0, 0.05) is 11.8 Å². The fourth-order valence-electron chi connectivity index (χ4n) is 3.38. The lowest BCUT2D eigenvalue weighted by Gasteiger charge is -2.30. The quantitative estimate of drug-likeness (QED) is 0.135. The van der Waals surface area contributed by atoms with E-state index in [0.29, 0.717) is 0 Å². The molecule has 7 atom stereocenters. The molecule has 2 rings (SSSR count). The van der Waals surface area contributed by atoms with Crippen molar-refractivity contribution >= 4 is 23.5 Å². The van der Waals surface area contributed by atoms with Gasteiger partial charge >= 0.3 is 29.2 Å². The molecule has 7 N–H and O–H groups in total. The summed E-state index contributed by atoms with van der Waals surface area (Å²) in [5.41, 5.74) is -4.25. The van der Waals surface area contributed by atoms with Crippen LogP contribution >= 0.6 is 23.5 Å². The third kappa shape index (κ3) is 6.39. The van der Waals surface area contributed by atoms with E-state index >= 15 is 0 Å². The molecule has 192 valence electrons. The normalized spacial score (nSPS) is 29.7. The Bertz CT molecular complexity index is 1230. The number of aromatic nitrogens is 2. The van der Waals surface area contributed by atoms with Crippen molar-refractivity contribution in [3.05, 3.63) is 32.6 Å². The first-order valence-electron chi connectivity index (χ1n) is 8.97. The van der Waals surface area contributed by atoms with E-state index in [1.54, 1.807) is 0 Å². The van der Waals surface area contributed by atoms with Crippen LogP contribution in [0.5, 0.6) is 0 Å². The first-order valence-corrected chi connectivity index (χ1v) is 13.5. The Morgan fingerprint density at radius 3 is 2.29 bits per heavy atom. The van der Waals surface area contributed by atoms with Gasteiger partial charge in [0.25, 0.3) is 5.56 Å². The van der Waals surface area contributed by atoms with Crippen LogP contribution in [0, 0.1) is 25.2 Å². The number of aryl methyl sites for hydroxylation is 1. The summed E-state index contributed by atoms with van der Waals surface area (Å²) in [6.07, 6.45) is 0.431. The highest BCUT2D eigenvalue weighted by molar-refractivity contribution is 7.66. The van der Waals surface area contributed by atoms with E-state index in [4.69, 9.17) is 20.9 Å². The molecule has 0 aromatic carbocycles. The number of aliphatic hydroxyl groups excluding tert-OH is 1. The molecule has 34 heavy (non-hydrogen) atoms. The summed E-state index contributed by atoms with van der Waals surface area (Å²) in [7, 11) is -17.0. The molecular weight excluding hydrogens is 529 g/mol. The molecule has 0 aliphatic carbocycles. The van der Waals surface area contributed by atoms with Crippen molar-refractivity contribution in [1.29, 1.82) is 0 Å². The predicted molar refractivity (Wildman–Crippen MR) is 109 cm³/mol. The van der Waals surface area contributed by atoms with Crippen LogP contribution in [0.25, 0.3) is 0 Å². The van der Waals surface area contributed by atoms with Crippen LogP contribution in [0.4, 0.5) is 0 Å². The Morgan fingerprint density at radius 1 is 1.24 bits per heavy atom. The maximum atomic E-state index is 12.3. The number of H-pyrrole nitrogens is 1. The van der Waals surface area contributed by atoms with Gasteiger partial charge in [-0.15, -0.1) is 6.42 Å². The summed E-state index contributed by atoms with van der Waals surface area (Å²) in [4.78, 5) is 61.9. The van der Waals surface area contributed by atoms with Gasteiger partial charge < -0.3 is 34.5 Å². The number of phosphoric acid groups is 3. The van der Waals surface area contributed by atoms with Gasteiger partial charge in [-0.1, -0.05) is 5.92 Å². The van der Waals surface area contributed by atoms with Gasteiger partial charge in [0.05, 0.1) is 24.7 Å². The highest BCUT2D eigenvalue weighted by Gasteiger charge is 2.58. The molecule has 1 aliphatic heterocycles. The van der Waals surface area contributed by atoms with E-state index in [-0.39, 0.29) is 5.69 Å². The smallest absolute Gasteiger partial charge is 0.396 e. The van der Waals surface area contributed by atoms with Crippen molar-refractivity contribution < 1.29 is 61.4 Å². The fraction of sp³-hybridized carbons (Fsp3) is 0.571. The van der Waals surface area contributed by atoms with Crippen molar-refractivity contribution in [2.45, 2.75) is 37.9 Å². The van der Waals surface area contributed by atoms with Crippen LogP contribution < -0.4 is 11.2 Å². The van der Waals surface area contributed by atoms with E-state index < -0.39 is 71.3 Å². The lowest BCUT2D eigenvalue weighted by Crippen LogP contribution is -2.47. The molecule has 1 aliphatic rings. The molecule has 0 bridgehead atoms. The monoisotopic (exact) mass is 550 g/mol. The standard InChI is InChI=1S/C14H21N2O15P3/c1-4-14(20)9(6-17)11(28-12(14)16-7(2)5-10(18)15-13(16)19)8(3)29-33(24,25)31-34(26,27)30-32(21,22)23/h1,5,8-9,11-12,17,20H,6H2,2-3H3,(H,24,25)(H,26,27)(H,15,18,19)(H2,21,22,23)/t8-,9?,11-,12-,14?/m1/s1. The second kappa shape index (κ2) is 9.88. The number of hydrogen-bond donors (Lipinski definition) is 7. The highest BCUT2D eigenvalue weighted by atomic mass is 31.3. The van der Waals surface area contributed by atoms with E-state index in [2.05, 4.69) is 13.1 Å². The van der Waals surface area contributed by atoms with Gasteiger partial charge in [0.2, 0.25) is 0 Å². The molecule has 1 aromatic heterocycles. The van der Waals surface area contributed by atoms with Crippen LogP contribution in [0.3, 0.4) is 0 Å². The lowest BCUT2D eigenvalue weighted by molar-refractivity contribution is -0.0877. The number of terminal acetylenes is 1. The molecule has 1 aromatic rings. The summed E-state index contributed by atoms with van der Waals surface area (Å²) >= 11 is 0. The number of aliphatic hydroxyl groups is 2. The van der Waals surface area contributed by atoms with Gasteiger partial charge in [-0.2, -0.15) is 8.62 Å². The van der Waals surface area contributed by atoms with Crippen LogP contribution in [0.1, 0.15) is 18.8 Å². The summed E-state index contributed by atoms with van der Waals surface area (Å²) in [5.74, 6) is 0.497. The number of nitrogens with zero attached hydrogens (tertiary/aromatic N) is 1. The van der Waals surface area contributed by atoms with Crippen LogP contribution in [-0.2, 0) is 31.6 Å². The third-order valence-corrected chi connectivity index (χ3v) is 8.56. The van der Waals surface area contributed by atoms with Gasteiger partial charge in [0.1, 0.15) is 0 Å². The molecule has 0 radical (unpaired) electrons. The second-order valence-electron chi connectivity index (χ2n) is 7.06. The van der Waals surface area contributed by atoms with Gasteiger partial charge in [-0.3, -0.25) is 18.9 Å². The molecule has 0 amide bonds. The number of aromatic amines is 1. The number of phosphoric ester groups is 1. The molecule has 0 saturated carbocycles.